The molecule has 1 saturated heterocycles. The van der Waals surface area contributed by atoms with Gasteiger partial charge >= 0.3 is 0 Å². The van der Waals surface area contributed by atoms with E-state index in [2.05, 4.69) is 20.8 Å². The van der Waals surface area contributed by atoms with Crippen LogP contribution in [0.4, 0.5) is 0 Å². The Morgan fingerprint density at radius 3 is 2.76 bits per heavy atom. The van der Waals surface area contributed by atoms with E-state index in [4.69, 9.17) is 5.11 Å². The highest BCUT2D eigenvalue weighted by atomic mass is 79.9. The molecule has 1 aliphatic rings. The molecule has 1 fully saturated rings. The molecule has 1 aromatic carbocycles. The maximum absolute atomic E-state index is 12.1. The number of carbonyl (C=O) groups is 1. The molecule has 0 radical (unpaired) electrons. The molecule has 2 rings (SSSR count). The molecule has 1 N–H and O–H groups in total. The van der Waals surface area contributed by atoms with Crippen LogP contribution in [-0.4, -0.2) is 41.5 Å². The van der Waals surface area contributed by atoms with Crippen molar-refractivity contribution in [3.8, 4) is 0 Å². The van der Waals surface area contributed by atoms with E-state index in [0.717, 1.165) is 36.0 Å². The lowest BCUT2D eigenvalue weighted by Gasteiger charge is -2.35. The van der Waals surface area contributed by atoms with Crippen molar-refractivity contribution in [3.63, 3.8) is 0 Å². The van der Waals surface area contributed by atoms with Crippen LogP contribution in [0.25, 0.3) is 0 Å². The summed E-state index contributed by atoms with van der Waals surface area (Å²) in [5.74, 6) is 0.221. The summed E-state index contributed by atoms with van der Waals surface area (Å²) in [6.45, 7) is 2.34. The molecule has 4 heteroatoms. The molecule has 116 valence electrons. The quantitative estimate of drug-likeness (QED) is 0.760. The zero-order chi connectivity index (χ0) is 15.1. The Bertz CT molecular complexity index is 445. The highest BCUT2D eigenvalue weighted by molar-refractivity contribution is 9.10. The maximum Gasteiger partial charge on any atom is 0.162 e. The molecule has 0 amide bonds. The minimum absolute atomic E-state index is 0.221. The van der Waals surface area contributed by atoms with Crippen LogP contribution < -0.4 is 0 Å². The van der Waals surface area contributed by atoms with Gasteiger partial charge in [-0.15, -0.1) is 0 Å². The summed E-state index contributed by atoms with van der Waals surface area (Å²) in [5.41, 5.74) is 0.795. The number of benzene rings is 1. The molecule has 3 nitrogen and oxygen atoms in total. The van der Waals surface area contributed by atoms with Crippen LogP contribution >= 0.6 is 15.9 Å². The van der Waals surface area contributed by atoms with Crippen LogP contribution in [-0.2, 0) is 0 Å². The maximum atomic E-state index is 12.1. The summed E-state index contributed by atoms with van der Waals surface area (Å²) in [6, 6.07) is 8.08. The van der Waals surface area contributed by atoms with Gasteiger partial charge in [0.05, 0.1) is 0 Å². The Labute approximate surface area is 135 Å². The second-order valence-corrected chi connectivity index (χ2v) is 6.65. The number of hydrogen-bond acceptors (Lipinski definition) is 3. The van der Waals surface area contributed by atoms with Crippen molar-refractivity contribution in [3.05, 3.63) is 34.3 Å². The van der Waals surface area contributed by atoms with Gasteiger partial charge in [-0.05, 0) is 50.9 Å². The van der Waals surface area contributed by atoms with Crippen LogP contribution in [0.5, 0.6) is 0 Å². The lowest BCUT2D eigenvalue weighted by Crippen LogP contribution is -2.40. The van der Waals surface area contributed by atoms with E-state index in [1.165, 1.54) is 19.3 Å². The second kappa shape index (κ2) is 8.66. The van der Waals surface area contributed by atoms with Gasteiger partial charge in [-0.1, -0.05) is 34.5 Å². The summed E-state index contributed by atoms with van der Waals surface area (Å²) in [7, 11) is 0. The van der Waals surface area contributed by atoms with E-state index in [1.807, 2.05) is 24.3 Å². The molecule has 1 aliphatic heterocycles. The molecule has 0 aliphatic carbocycles. The summed E-state index contributed by atoms with van der Waals surface area (Å²) in [4.78, 5) is 14.6. The molecule has 0 spiro atoms. The van der Waals surface area contributed by atoms with Crippen molar-refractivity contribution in [2.45, 2.75) is 44.6 Å². The van der Waals surface area contributed by atoms with Gasteiger partial charge in [0.25, 0.3) is 0 Å². The third-order valence-corrected chi connectivity index (χ3v) is 4.76. The van der Waals surface area contributed by atoms with E-state index in [9.17, 15) is 4.79 Å². The minimum Gasteiger partial charge on any atom is -0.396 e. The minimum atomic E-state index is 0.221. The van der Waals surface area contributed by atoms with Crippen LogP contribution in [0.2, 0.25) is 0 Å². The normalized spacial score (nSPS) is 19.6. The summed E-state index contributed by atoms with van der Waals surface area (Å²) >= 11 is 3.38. The second-order valence-electron chi connectivity index (χ2n) is 5.73. The molecule has 0 saturated carbocycles. The first-order valence-electron chi connectivity index (χ1n) is 7.84. The SMILES string of the molecule is O=C(CCCN1CCCCC1CCO)c1ccc(Br)cc1. The fraction of sp³-hybridized carbons (Fsp3) is 0.588. The van der Waals surface area contributed by atoms with E-state index >= 15 is 0 Å². The van der Waals surface area contributed by atoms with Crippen molar-refractivity contribution in [2.24, 2.45) is 0 Å². The predicted octanol–water partition coefficient (Wildman–Crippen LogP) is 3.65. The molecule has 1 atom stereocenters. The summed E-state index contributed by atoms with van der Waals surface area (Å²) < 4.78 is 0.999. The van der Waals surface area contributed by atoms with Gasteiger partial charge in [-0.3, -0.25) is 4.79 Å². The van der Waals surface area contributed by atoms with Crippen LogP contribution in [0.3, 0.4) is 0 Å². The molecular formula is C17H24BrNO2. The zero-order valence-corrected chi connectivity index (χ0v) is 14.0. The van der Waals surface area contributed by atoms with Crippen molar-refractivity contribution in [1.82, 2.24) is 4.90 Å². The van der Waals surface area contributed by atoms with E-state index in [1.54, 1.807) is 0 Å². The number of nitrogens with zero attached hydrogens (tertiary/aromatic N) is 1. The van der Waals surface area contributed by atoms with E-state index in [-0.39, 0.29) is 12.4 Å². The van der Waals surface area contributed by atoms with Gasteiger partial charge in [-0.25, -0.2) is 0 Å². The molecule has 21 heavy (non-hydrogen) atoms. The first-order chi connectivity index (χ1) is 10.2. The smallest absolute Gasteiger partial charge is 0.162 e. The highest BCUT2D eigenvalue weighted by Crippen LogP contribution is 2.20. The molecule has 0 aromatic heterocycles. The summed E-state index contributed by atoms with van der Waals surface area (Å²) in [6.07, 6.45) is 6.05. The van der Waals surface area contributed by atoms with Crippen molar-refractivity contribution < 1.29 is 9.90 Å². The summed E-state index contributed by atoms with van der Waals surface area (Å²) in [5, 5.41) is 9.14. The first-order valence-corrected chi connectivity index (χ1v) is 8.63. The molecule has 1 heterocycles. The largest absolute Gasteiger partial charge is 0.396 e. The van der Waals surface area contributed by atoms with Gasteiger partial charge in [0.1, 0.15) is 0 Å². The average Bonchev–Trinajstić information content (AvgIpc) is 2.50. The molecule has 0 bridgehead atoms. The zero-order valence-electron chi connectivity index (χ0n) is 12.4. The van der Waals surface area contributed by atoms with Crippen LogP contribution in [0.15, 0.2) is 28.7 Å². The average molecular weight is 354 g/mol. The van der Waals surface area contributed by atoms with Gasteiger partial charge in [0, 0.05) is 29.1 Å². The predicted molar refractivity (Wildman–Crippen MR) is 88.6 cm³/mol. The third-order valence-electron chi connectivity index (χ3n) is 4.23. The van der Waals surface area contributed by atoms with Crippen molar-refractivity contribution in [1.29, 1.82) is 0 Å². The number of halogens is 1. The number of likely N-dealkylation sites (tertiary alicyclic amines) is 1. The van der Waals surface area contributed by atoms with E-state index in [0.29, 0.717) is 12.5 Å². The van der Waals surface area contributed by atoms with E-state index < -0.39 is 0 Å². The van der Waals surface area contributed by atoms with Crippen LogP contribution in [0.1, 0.15) is 48.9 Å². The van der Waals surface area contributed by atoms with Crippen molar-refractivity contribution >= 4 is 21.7 Å². The molecule has 1 aromatic rings. The molecular weight excluding hydrogens is 330 g/mol. The first kappa shape index (κ1) is 16.7. The number of aliphatic hydroxyl groups excluding tert-OH is 1. The fourth-order valence-electron chi connectivity index (χ4n) is 3.05. The number of aliphatic hydroxyl groups is 1. The Kier molecular flexibility index (Phi) is 6.87. The Hall–Kier alpha value is -0.710. The highest BCUT2D eigenvalue weighted by Gasteiger charge is 2.21. The van der Waals surface area contributed by atoms with Crippen molar-refractivity contribution in [2.75, 3.05) is 19.7 Å². The number of carbonyl (C=O) groups excluding carboxylic acids is 1. The standard InChI is InChI=1S/C17H24BrNO2/c18-15-8-6-14(7-9-15)17(21)5-3-12-19-11-2-1-4-16(19)10-13-20/h6-9,16,20H,1-5,10-13H2. The number of piperidine rings is 1. The monoisotopic (exact) mass is 353 g/mol. The number of ketones is 1. The van der Waals surface area contributed by atoms with Gasteiger partial charge in [0.15, 0.2) is 5.78 Å². The van der Waals surface area contributed by atoms with Gasteiger partial charge in [-0.2, -0.15) is 0 Å². The van der Waals surface area contributed by atoms with Gasteiger partial charge in [0.2, 0.25) is 0 Å². The Morgan fingerprint density at radius 2 is 2.05 bits per heavy atom. The lowest BCUT2D eigenvalue weighted by molar-refractivity contribution is 0.0944. The third kappa shape index (κ3) is 5.20. The number of rotatable bonds is 7. The number of Topliss-reactive ketones (excluding diaryl/α,β-unsaturated/α-hetero) is 1. The number of hydrogen-bond donors (Lipinski definition) is 1. The molecule has 1 unspecified atom stereocenters. The Balaban J connectivity index is 1.77. The van der Waals surface area contributed by atoms with Crippen LogP contribution in [0, 0.1) is 0 Å². The fourth-order valence-corrected chi connectivity index (χ4v) is 3.32. The topological polar surface area (TPSA) is 40.5 Å². The Morgan fingerprint density at radius 1 is 1.29 bits per heavy atom. The lowest BCUT2D eigenvalue weighted by atomic mass is 9.98. The van der Waals surface area contributed by atoms with Gasteiger partial charge < -0.3 is 10.0 Å².